The van der Waals surface area contributed by atoms with Gasteiger partial charge < -0.3 is 10.5 Å². The van der Waals surface area contributed by atoms with Crippen molar-refractivity contribution >= 4 is 17.3 Å². The van der Waals surface area contributed by atoms with Gasteiger partial charge in [-0.15, -0.1) is 0 Å². The van der Waals surface area contributed by atoms with Crippen LogP contribution in [-0.4, -0.2) is 16.8 Å². The van der Waals surface area contributed by atoms with Crippen LogP contribution in [0, 0.1) is 5.92 Å². The standard InChI is InChI=1S/C13H16N2O2/c1-9(15-17)11-3-2-4-12(8-11)14-13(16)7-10-5-6-10/h2-4,8,10,17H,5-7H2,1H3,(H,14,16). The average molecular weight is 232 g/mol. The van der Waals surface area contributed by atoms with Gasteiger partial charge in [-0.25, -0.2) is 0 Å². The summed E-state index contributed by atoms with van der Waals surface area (Å²) in [5.74, 6) is 0.641. The van der Waals surface area contributed by atoms with Gasteiger partial charge in [-0.3, -0.25) is 4.79 Å². The fraction of sp³-hybridized carbons (Fsp3) is 0.385. The fourth-order valence-electron chi connectivity index (χ4n) is 1.68. The first-order valence-corrected chi connectivity index (χ1v) is 5.78. The molecular formula is C13H16N2O2. The van der Waals surface area contributed by atoms with Crippen molar-refractivity contribution in [2.45, 2.75) is 26.2 Å². The van der Waals surface area contributed by atoms with Crippen molar-refractivity contribution < 1.29 is 10.0 Å². The minimum atomic E-state index is 0.0586. The second-order valence-electron chi connectivity index (χ2n) is 4.46. The molecule has 0 unspecified atom stereocenters. The van der Waals surface area contributed by atoms with E-state index in [1.54, 1.807) is 13.0 Å². The van der Waals surface area contributed by atoms with E-state index in [9.17, 15) is 4.79 Å². The maximum Gasteiger partial charge on any atom is 0.224 e. The number of oxime groups is 1. The molecule has 2 rings (SSSR count). The van der Waals surface area contributed by atoms with Gasteiger partial charge in [0.15, 0.2) is 0 Å². The van der Waals surface area contributed by atoms with Crippen LogP contribution in [0.15, 0.2) is 29.4 Å². The van der Waals surface area contributed by atoms with Crippen molar-refractivity contribution in [2.24, 2.45) is 11.1 Å². The second kappa shape index (κ2) is 4.99. The van der Waals surface area contributed by atoms with Crippen molar-refractivity contribution in [1.82, 2.24) is 0 Å². The summed E-state index contributed by atoms with van der Waals surface area (Å²) in [5, 5.41) is 14.7. The lowest BCUT2D eigenvalue weighted by Gasteiger charge is -2.06. The molecule has 0 aromatic heterocycles. The first-order chi connectivity index (χ1) is 8.19. The first kappa shape index (κ1) is 11.6. The molecule has 1 amide bonds. The van der Waals surface area contributed by atoms with Crippen LogP contribution in [0.1, 0.15) is 31.7 Å². The largest absolute Gasteiger partial charge is 0.411 e. The fourth-order valence-corrected chi connectivity index (χ4v) is 1.68. The molecule has 0 heterocycles. The zero-order valence-electron chi connectivity index (χ0n) is 9.81. The Bertz CT molecular complexity index is 450. The van der Waals surface area contributed by atoms with Crippen molar-refractivity contribution in [2.75, 3.05) is 5.32 Å². The number of carbonyl (C=O) groups is 1. The van der Waals surface area contributed by atoms with E-state index in [1.165, 1.54) is 12.8 Å². The molecule has 90 valence electrons. The summed E-state index contributed by atoms with van der Waals surface area (Å²) in [7, 11) is 0. The van der Waals surface area contributed by atoms with Crippen molar-refractivity contribution in [3.05, 3.63) is 29.8 Å². The summed E-state index contributed by atoms with van der Waals surface area (Å²) >= 11 is 0. The molecule has 1 aliphatic carbocycles. The summed E-state index contributed by atoms with van der Waals surface area (Å²) in [6.07, 6.45) is 2.95. The van der Waals surface area contributed by atoms with Crippen LogP contribution in [0.2, 0.25) is 0 Å². The Balaban J connectivity index is 2.02. The van der Waals surface area contributed by atoms with E-state index in [1.807, 2.05) is 18.2 Å². The van der Waals surface area contributed by atoms with Crippen LogP contribution in [0.25, 0.3) is 0 Å². The maximum atomic E-state index is 11.6. The highest BCUT2D eigenvalue weighted by Gasteiger charge is 2.24. The van der Waals surface area contributed by atoms with E-state index in [-0.39, 0.29) is 5.91 Å². The molecule has 4 heteroatoms. The number of anilines is 1. The molecule has 1 saturated carbocycles. The molecule has 0 spiro atoms. The Kier molecular flexibility index (Phi) is 3.42. The quantitative estimate of drug-likeness (QED) is 0.476. The minimum absolute atomic E-state index is 0.0586. The SMILES string of the molecule is CC(=NO)c1cccc(NC(=O)CC2CC2)c1. The van der Waals surface area contributed by atoms with Crippen molar-refractivity contribution in [3.63, 3.8) is 0 Å². The van der Waals surface area contributed by atoms with Crippen LogP contribution >= 0.6 is 0 Å². The number of nitrogens with one attached hydrogen (secondary N) is 1. The summed E-state index contributed by atoms with van der Waals surface area (Å²) < 4.78 is 0. The lowest BCUT2D eigenvalue weighted by atomic mass is 10.1. The minimum Gasteiger partial charge on any atom is -0.411 e. The van der Waals surface area contributed by atoms with E-state index < -0.39 is 0 Å². The number of hydrogen-bond donors (Lipinski definition) is 2. The molecule has 1 aromatic carbocycles. The van der Waals surface area contributed by atoms with E-state index in [4.69, 9.17) is 5.21 Å². The maximum absolute atomic E-state index is 11.6. The highest BCUT2D eigenvalue weighted by Crippen LogP contribution is 2.32. The first-order valence-electron chi connectivity index (χ1n) is 5.78. The normalized spacial score (nSPS) is 15.7. The molecule has 1 aliphatic rings. The van der Waals surface area contributed by atoms with E-state index in [0.717, 1.165) is 11.3 Å². The summed E-state index contributed by atoms with van der Waals surface area (Å²) in [6, 6.07) is 7.31. The van der Waals surface area contributed by atoms with Crippen molar-refractivity contribution in [1.29, 1.82) is 0 Å². The van der Waals surface area contributed by atoms with E-state index in [2.05, 4.69) is 10.5 Å². The third kappa shape index (κ3) is 3.31. The van der Waals surface area contributed by atoms with Crippen LogP contribution in [-0.2, 0) is 4.79 Å². The number of hydrogen-bond acceptors (Lipinski definition) is 3. The molecule has 4 nitrogen and oxygen atoms in total. The van der Waals surface area contributed by atoms with Gasteiger partial charge in [-0.05, 0) is 37.8 Å². The number of amides is 1. The smallest absolute Gasteiger partial charge is 0.224 e. The Morgan fingerprint density at radius 2 is 2.29 bits per heavy atom. The molecule has 0 bridgehead atoms. The van der Waals surface area contributed by atoms with Gasteiger partial charge in [0, 0.05) is 17.7 Å². The lowest BCUT2D eigenvalue weighted by molar-refractivity contribution is -0.116. The molecule has 0 atom stereocenters. The third-order valence-corrected chi connectivity index (χ3v) is 2.89. The van der Waals surface area contributed by atoms with Gasteiger partial charge in [0.2, 0.25) is 5.91 Å². The Hall–Kier alpha value is -1.84. The van der Waals surface area contributed by atoms with Gasteiger partial charge in [-0.2, -0.15) is 0 Å². The zero-order chi connectivity index (χ0) is 12.3. The van der Waals surface area contributed by atoms with Crippen LogP contribution in [0.4, 0.5) is 5.69 Å². The molecule has 0 aliphatic heterocycles. The number of benzene rings is 1. The van der Waals surface area contributed by atoms with Crippen molar-refractivity contribution in [3.8, 4) is 0 Å². The topological polar surface area (TPSA) is 61.7 Å². The molecular weight excluding hydrogens is 216 g/mol. The van der Waals surface area contributed by atoms with Crippen LogP contribution < -0.4 is 5.32 Å². The molecule has 0 radical (unpaired) electrons. The van der Waals surface area contributed by atoms with Gasteiger partial charge in [0.25, 0.3) is 0 Å². The summed E-state index contributed by atoms with van der Waals surface area (Å²) in [5.41, 5.74) is 2.08. The highest BCUT2D eigenvalue weighted by atomic mass is 16.4. The monoisotopic (exact) mass is 232 g/mol. The predicted molar refractivity (Wildman–Crippen MR) is 66.4 cm³/mol. The zero-order valence-corrected chi connectivity index (χ0v) is 9.81. The van der Waals surface area contributed by atoms with Gasteiger partial charge >= 0.3 is 0 Å². The second-order valence-corrected chi connectivity index (χ2v) is 4.46. The highest BCUT2D eigenvalue weighted by molar-refractivity contribution is 6.00. The lowest BCUT2D eigenvalue weighted by Crippen LogP contribution is -2.12. The Morgan fingerprint density at radius 1 is 1.53 bits per heavy atom. The molecule has 1 fully saturated rings. The third-order valence-electron chi connectivity index (χ3n) is 2.89. The summed E-state index contributed by atoms with van der Waals surface area (Å²) in [4.78, 5) is 11.6. The van der Waals surface area contributed by atoms with Gasteiger partial charge in [-0.1, -0.05) is 17.3 Å². The number of carbonyl (C=O) groups excluding carboxylic acids is 1. The number of rotatable bonds is 4. The average Bonchev–Trinajstić information content (AvgIpc) is 3.12. The van der Waals surface area contributed by atoms with Gasteiger partial charge in [0.05, 0.1) is 5.71 Å². The predicted octanol–water partition coefficient (Wildman–Crippen LogP) is 2.62. The van der Waals surface area contributed by atoms with E-state index in [0.29, 0.717) is 18.1 Å². The molecule has 2 N–H and O–H groups in total. The Morgan fingerprint density at radius 3 is 2.94 bits per heavy atom. The number of nitrogens with zero attached hydrogens (tertiary/aromatic N) is 1. The molecule has 17 heavy (non-hydrogen) atoms. The van der Waals surface area contributed by atoms with Crippen LogP contribution in [0.5, 0.6) is 0 Å². The van der Waals surface area contributed by atoms with E-state index >= 15 is 0 Å². The summed E-state index contributed by atoms with van der Waals surface area (Å²) in [6.45, 7) is 1.71. The van der Waals surface area contributed by atoms with Crippen LogP contribution in [0.3, 0.4) is 0 Å². The van der Waals surface area contributed by atoms with Gasteiger partial charge in [0.1, 0.15) is 0 Å². The Labute approximate surface area is 100 Å². The molecule has 1 aromatic rings. The molecule has 0 saturated heterocycles.